The van der Waals surface area contributed by atoms with Gasteiger partial charge in [-0.05, 0) is 25.5 Å². The van der Waals surface area contributed by atoms with E-state index in [4.69, 9.17) is 0 Å². The first-order valence-electron chi connectivity index (χ1n) is 4.62. The third-order valence-corrected chi connectivity index (χ3v) is 1.83. The van der Waals surface area contributed by atoms with E-state index in [1.807, 2.05) is 18.3 Å². The normalized spacial score (nSPS) is 12.5. The van der Waals surface area contributed by atoms with Crippen molar-refractivity contribution in [1.82, 2.24) is 4.98 Å². The molecule has 70 valence electrons. The smallest absolute Gasteiger partial charge is 0.0528 e. The fourth-order valence-corrected chi connectivity index (χ4v) is 1.15. The molecule has 1 aromatic heterocycles. The number of rotatable bonds is 5. The van der Waals surface area contributed by atoms with Crippen molar-refractivity contribution in [1.29, 1.82) is 0 Å². The Morgan fingerprint density at radius 2 is 2.38 bits per heavy atom. The Bertz CT molecular complexity index is 221. The second-order valence-electron chi connectivity index (χ2n) is 3.08. The number of aromatic nitrogens is 1. The van der Waals surface area contributed by atoms with E-state index < -0.39 is 0 Å². The van der Waals surface area contributed by atoms with Crippen molar-refractivity contribution < 1.29 is 0 Å². The van der Waals surface area contributed by atoms with Gasteiger partial charge in [-0.3, -0.25) is 4.98 Å². The summed E-state index contributed by atoms with van der Waals surface area (Å²) in [6, 6.07) is 4.16. The predicted molar refractivity (Wildman–Crippen MR) is 56.2 cm³/mol. The van der Waals surface area contributed by atoms with E-state index in [2.05, 4.69) is 24.1 Å². The summed E-state index contributed by atoms with van der Waals surface area (Å²) in [6.07, 6.45) is 6.71. The molecular formula is C11H16N2. The van der Waals surface area contributed by atoms with Crippen LogP contribution in [0, 0.1) is 13.8 Å². The van der Waals surface area contributed by atoms with Gasteiger partial charge < -0.3 is 5.32 Å². The van der Waals surface area contributed by atoms with Crippen LogP contribution in [0.1, 0.15) is 19.3 Å². The Hall–Kier alpha value is -1.05. The van der Waals surface area contributed by atoms with Crippen LogP contribution >= 0.6 is 0 Å². The molecule has 2 nitrogen and oxygen atoms in total. The minimum Gasteiger partial charge on any atom is -0.381 e. The first-order chi connectivity index (χ1) is 6.33. The van der Waals surface area contributed by atoms with Crippen molar-refractivity contribution in [2.75, 3.05) is 5.32 Å². The van der Waals surface area contributed by atoms with Gasteiger partial charge in [0, 0.05) is 18.4 Å². The first-order valence-corrected chi connectivity index (χ1v) is 4.62. The maximum Gasteiger partial charge on any atom is 0.0528 e. The zero-order valence-electron chi connectivity index (χ0n) is 7.87. The van der Waals surface area contributed by atoms with E-state index in [-0.39, 0.29) is 6.04 Å². The second-order valence-corrected chi connectivity index (χ2v) is 3.08. The van der Waals surface area contributed by atoms with Crippen molar-refractivity contribution in [3.8, 4) is 0 Å². The van der Waals surface area contributed by atoms with Crippen LogP contribution in [0.2, 0.25) is 0 Å². The first kappa shape index (κ1) is 10.0. The summed E-state index contributed by atoms with van der Waals surface area (Å²) in [5, 5.41) is 3.28. The minimum absolute atomic E-state index is 0.256. The van der Waals surface area contributed by atoms with Crippen LogP contribution in [-0.4, -0.2) is 11.0 Å². The summed E-state index contributed by atoms with van der Waals surface area (Å²) in [5.41, 5.74) is 1.03. The zero-order chi connectivity index (χ0) is 9.52. The highest BCUT2D eigenvalue weighted by molar-refractivity contribution is 5.40. The SMILES string of the molecule is [CH2]CCCC([CH2])Nc1cccnc1. The van der Waals surface area contributed by atoms with E-state index in [0.29, 0.717) is 0 Å². The quantitative estimate of drug-likeness (QED) is 0.746. The van der Waals surface area contributed by atoms with Crippen molar-refractivity contribution >= 4 is 5.69 Å². The molecule has 1 atom stereocenters. The molecule has 0 amide bonds. The molecule has 0 fully saturated rings. The van der Waals surface area contributed by atoms with E-state index in [9.17, 15) is 0 Å². The lowest BCUT2D eigenvalue weighted by Crippen LogP contribution is -2.15. The maximum atomic E-state index is 4.02. The van der Waals surface area contributed by atoms with Gasteiger partial charge in [-0.15, -0.1) is 0 Å². The Morgan fingerprint density at radius 3 is 3.00 bits per heavy atom. The van der Waals surface area contributed by atoms with Gasteiger partial charge in [-0.2, -0.15) is 0 Å². The zero-order valence-corrected chi connectivity index (χ0v) is 7.87. The fourth-order valence-electron chi connectivity index (χ4n) is 1.15. The fraction of sp³-hybridized carbons (Fsp3) is 0.364. The molecule has 0 aliphatic carbocycles. The standard InChI is InChI=1S/C11H16N2/c1-3-4-6-10(2)13-11-7-5-8-12-9-11/h5,7-10,13H,1-4,6H2. The Labute approximate surface area is 80.4 Å². The van der Waals surface area contributed by atoms with E-state index >= 15 is 0 Å². The van der Waals surface area contributed by atoms with Gasteiger partial charge in [0.15, 0.2) is 0 Å². The molecule has 0 aliphatic rings. The number of unbranched alkanes of at least 4 members (excludes halogenated alkanes) is 1. The Morgan fingerprint density at radius 1 is 1.54 bits per heavy atom. The van der Waals surface area contributed by atoms with E-state index in [1.54, 1.807) is 6.20 Å². The van der Waals surface area contributed by atoms with Crippen molar-refractivity contribution in [3.63, 3.8) is 0 Å². The van der Waals surface area contributed by atoms with Gasteiger partial charge in [-0.25, -0.2) is 0 Å². The predicted octanol–water partition coefficient (Wildman–Crippen LogP) is 2.70. The van der Waals surface area contributed by atoms with Crippen LogP contribution in [0.25, 0.3) is 0 Å². The summed E-state index contributed by atoms with van der Waals surface area (Å²) < 4.78 is 0. The van der Waals surface area contributed by atoms with Gasteiger partial charge in [0.25, 0.3) is 0 Å². The lowest BCUT2D eigenvalue weighted by Gasteiger charge is -2.13. The summed E-state index contributed by atoms with van der Waals surface area (Å²) in [6.45, 7) is 7.80. The molecule has 1 heterocycles. The second kappa shape index (κ2) is 5.57. The Kier molecular flexibility index (Phi) is 4.30. The maximum absolute atomic E-state index is 4.02. The van der Waals surface area contributed by atoms with Gasteiger partial charge >= 0.3 is 0 Å². The molecular weight excluding hydrogens is 160 g/mol. The molecule has 2 radical (unpaired) electrons. The lowest BCUT2D eigenvalue weighted by molar-refractivity contribution is 0.700. The van der Waals surface area contributed by atoms with Crippen LogP contribution in [-0.2, 0) is 0 Å². The van der Waals surface area contributed by atoms with Gasteiger partial charge in [0.1, 0.15) is 0 Å². The third-order valence-electron chi connectivity index (χ3n) is 1.83. The summed E-state index contributed by atoms with van der Waals surface area (Å²) in [7, 11) is 0. The molecule has 0 saturated heterocycles. The summed E-state index contributed by atoms with van der Waals surface area (Å²) in [4.78, 5) is 4.02. The third kappa shape index (κ3) is 3.92. The molecule has 1 unspecified atom stereocenters. The van der Waals surface area contributed by atoms with Crippen LogP contribution < -0.4 is 5.32 Å². The largest absolute Gasteiger partial charge is 0.381 e. The molecule has 1 rings (SSSR count). The minimum atomic E-state index is 0.256. The van der Waals surface area contributed by atoms with Crippen molar-refractivity contribution in [2.45, 2.75) is 25.3 Å². The molecule has 13 heavy (non-hydrogen) atoms. The summed E-state index contributed by atoms with van der Waals surface area (Å²) >= 11 is 0. The number of anilines is 1. The van der Waals surface area contributed by atoms with Gasteiger partial charge in [-0.1, -0.05) is 19.8 Å². The van der Waals surface area contributed by atoms with Crippen LogP contribution in [0.15, 0.2) is 24.5 Å². The number of hydrogen-bond donors (Lipinski definition) is 1. The monoisotopic (exact) mass is 176 g/mol. The van der Waals surface area contributed by atoms with Gasteiger partial charge in [0.2, 0.25) is 0 Å². The molecule has 2 heteroatoms. The molecule has 0 aliphatic heterocycles. The topological polar surface area (TPSA) is 24.9 Å². The average molecular weight is 176 g/mol. The molecule has 0 bridgehead atoms. The lowest BCUT2D eigenvalue weighted by atomic mass is 10.1. The number of hydrogen-bond acceptors (Lipinski definition) is 2. The highest BCUT2D eigenvalue weighted by atomic mass is 14.9. The summed E-state index contributed by atoms with van der Waals surface area (Å²) in [5.74, 6) is 0. The van der Waals surface area contributed by atoms with E-state index in [0.717, 1.165) is 24.9 Å². The van der Waals surface area contributed by atoms with E-state index in [1.165, 1.54) is 0 Å². The van der Waals surface area contributed by atoms with Crippen molar-refractivity contribution in [2.24, 2.45) is 0 Å². The number of pyridine rings is 1. The van der Waals surface area contributed by atoms with Crippen LogP contribution in [0.3, 0.4) is 0 Å². The molecule has 0 aromatic carbocycles. The number of nitrogens with one attached hydrogen (secondary N) is 1. The van der Waals surface area contributed by atoms with Crippen LogP contribution in [0.4, 0.5) is 5.69 Å². The molecule has 0 spiro atoms. The average Bonchev–Trinajstić information content (AvgIpc) is 2.16. The molecule has 1 aromatic rings. The van der Waals surface area contributed by atoms with Gasteiger partial charge in [0.05, 0.1) is 5.69 Å². The highest BCUT2D eigenvalue weighted by Gasteiger charge is 2.00. The molecule has 0 saturated carbocycles. The molecule has 1 N–H and O–H groups in total. The van der Waals surface area contributed by atoms with Crippen molar-refractivity contribution in [3.05, 3.63) is 38.4 Å². The highest BCUT2D eigenvalue weighted by Crippen LogP contribution is 2.08. The number of nitrogens with zero attached hydrogens (tertiary/aromatic N) is 1. The Balaban J connectivity index is 2.32. The van der Waals surface area contributed by atoms with Crippen LogP contribution in [0.5, 0.6) is 0 Å².